The molecule has 0 saturated carbocycles. The number of unbranched alkanes of at least 4 members (excludes halogenated alkanes) is 6. The number of nitrogens with one attached hydrogen (secondary N) is 4. The van der Waals surface area contributed by atoms with E-state index in [1.807, 2.05) is 118 Å². The number of nitrogens with two attached hydrogens (primary N) is 2. The Labute approximate surface area is 479 Å². The number of hydrogen-bond acceptors (Lipinski definition) is 12. The maximum atomic E-state index is 14.1. The van der Waals surface area contributed by atoms with E-state index in [1.165, 1.54) is 9.80 Å². The number of carbonyl (C=O) groups is 8. The molecule has 1 aromatic heterocycles. The van der Waals surface area contributed by atoms with E-state index in [0.717, 1.165) is 64.9 Å². The number of aromatic nitrogens is 1. The third-order valence-corrected chi connectivity index (χ3v) is 16.7. The van der Waals surface area contributed by atoms with Gasteiger partial charge in [0.2, 0.25) is 47.3 Å². The van der Waals surface area contributed by atoms with Crippen LogP contribution in [0.3, 0.4) is 0 Å². The number of nitrogens with zero attached hydrogens (tertiary/aromatic N) is 4. The smallest absolute Gasteiger partial charge is 0.246 e. The predicted molar refractivity (Wildman–Crippen MR) is 309 cm³/mol. The zero-order chi connectivity index (χ0) is 58.2. The van der Waals surface area contributed by atoms with Crippen LogP contribution in [0.15, 0.2) is 90.4 Å². The first kappa shape index (κ1) is 61.6. The van der Waals surface area contributed by atoms with Crippen molar-refractivity contribution >= 4 is 58.6 Å². The summed E-state index contributed by atoms with van der Waals surface area (Å²) in [7, 11) is 0. The largest absolute Gasteiger partial charge is 0.391 e. The molecule has 8 amide bonds. The quantitative estimate of drug-likeness (QED) is 0.0418. The molecule has 3 saturated heterocycles. The molecule has 3 fully saturated rings. The fourth-order valence-electron chi connectivity index (χ4n) is 11.2. The average molecular weight is 1130 g/mol. The van der Waals surface area contributed by atoms with Crippen molar-refractivity contribution in [2.24, 2.45) is 16.9 Å². The van der Waals surface area contributed by atoms with Crippen molar-refractivity contribution in [1.82, 2.24) is 41.0 Å². The third kappa shape index (κ3) is 17.0. The molecule has 0 spiro atoms. The van der Waals surface area contributed by atoms with Crippen LogP contribution in [-0.2, 0) is 44.9 Å². The molecule has 436 valence electrons. The van der Waals surface area contributed by atoms with Gasteiger partial charge in [0.05, 0.1) is 28.2 Å². The molecule has 4 aromatic rings. The number of primary amides is 1. The van der Waals surface area contributed by atoms with Crippen LogP contribution in [0.2, 0.25) is 0 Å². The number of thiazole rings is 1. The molecule has 1 unspecified atom stereocenters. The molecule has 7 atom stereocenters. The van der Waals surface area contributed by atoms with Gasteiger partial charge < -0.3 is 52.5 Å². The molecule has 0 bridgehead atoms. The topological polar surface area (TPSA) is 280 Å². The molecule has 3 aliphatic rings. The highest BCUT2D eigenvalue weighted by atomic mass is 32.1. The first-order valence-electron chi connectivity index (χ1n) is 28.7. The Bertz CT molecular complexity index is 2750. The van der Waals surface area contributed by atoms with Crippen LogP contribution >= 0.6 is 11.3 Å². The van der Waals surface area contributed by atoms with Gasteiger partial charge in [0.1, 0.15) is 30.2 Å². The van der Waals surface area contributed by atoms with E-state index in [1.54, 1.807) is 16.2 Å². The normalized spacial score (nSPS) is 20.0. The summed E-state index contributed by atoms with van der Waals surface area (Å²) in [5.74, 6) is -3.17. The highest BCUT2D eigenvalue weighted by Gasteiger charge is 2.46. The van der Waals surface area contributed by atoms with Crippen molar-refractivity contribution in [1.29, 1.82) is 0 Å². The highest BCUT2D eigenvalue weighted by Crippen LogP contribution is 2.32. The number of benzene rings is 3. The van der Waals surface area contributed by atoms with Gasteiger partial charge in [0.25, 0.3) is 0 Å². The van der Waals surface area contributed by atoms with Gasteiger partial charge in [-0.05, 0) is 73.1 Å². The second-order valence-corrected chi connectivity index (χ2v) is 23.8. The second kappa shape index (κ2) is 29.1. The number of fused-ring (bicyclic) bond motifs is 1. The average Bonchev–Trinajstić information content (AvgIpc) is 4.44. The Morgan fingerprint density at radius 1 is 0.753 bits per heavy atom. The number of aliphatic hydroxyl groups is 1. The summed E-state index contributed by atoms with van der Waals surface area (Å²) >= 11 is 1.57. The minimum Gasteiger partial charge on any atom is -0.391 e. The summed E-state index contributed by atoms with van der Waals surface area (Å²) in [5.41, 5.74) is 17.7. The highest BCUT2D eigenvalue weighted by molar-refractivity contribution is 7.13. The summed E-state index contributed by atoms with van der Waals surface area (Å²) < 4.78 is 0. The molecule has 0 aliphatic carbocycles. The van der Waals surface area contributed by atoms with E-state index in [2.05, 4.69) is 26.3 Å². The standard InChI is InChI=1S/C61H82N10O9S/c1-39-54(81-38-65-39)43-26-24-40(25-27-43)35-64-57(77)49-34-45(72)36-70(49)60(80)55(61(2,3)4)67-51(74)22-16-8-6-5-7-9-17-23-52(75)69-33-32-44-28-30-48(71(44)59(79)46(62)37-69)58(78)66-47(29-31-50(63)73)56(76)68-53(41-18-12-10-13-19-41)42-20-14-11-15-21-42/h10-15,18-21,24-27,38,44-49,53,55,72H,5-9,16-17,22-23,28-37,62H2,1-4H3,(H2,63,73)(H,64,77)(H,66,78)(H,67,74)(H,68,76)/t44-,45-,46+,47+,48+,49?,55-/m1/s1. The lowest BCUT2D eigenvalue weighted by molar-refractivity contribution is -0.145. The number of carbonyl (C=O) groups excluding carboxylic acids is 8. The Kier molecular flexibility index (Phi) is 22.1. The minimum atomic E-state index is -1.12. The summed E-state index contributed by atoms with van der Waals surface area (Å²) in [6.07, 6.45) is 6.57. The van der Waals surface area contributed by atoms with Crippen LogP contribution in [0.1, 0.15) is 146 Å². The number of rotatable bonds is 25. The van der Waals surface area contributed by atoms with Crippen molar-refractivity contribution in [3.8, 4) is 10.4 Å². The molecule has 9 N–H and O–H groups in total. The lowest BCUT2D eigenvalue weighted by Crippen LogP contribution is -2.60. The Morgan fingerprint density at radius 3 is 1.99 bits per heavy atom. The lowest BCUT2D eigenvalue weighted by atomic mass is 9.85. The summed E-state index contributed by atoms with van der Waals surface area (Å²) in [6, 6.07) is 21.0. The first-order valence-corrected chi connectivity index (χ1v) is 29.6. The van der Waals surface area contributed by atoms with Crippen LogP contribution < -0.4 is 32.7 Å². The molecule has 7 rings (SSSR count). The molecule has 81 heavy (non-hydrogen) atoms. The van der Waals surface area contributed by atoms with Crippen LogP contribution in [-0.4, -0.2) is 134 Å². The third-order valence-electron chi connectivity index (χ3n) is 15.7. The molecule has 4 heterocycles. The van der Waals surface area contributed by atoms with Gasteiger partial charge in [0, 0.05) is 57.9 Å². The molecule has 3 aromatic carbocycles. The van der Waals surface area contributed by atoms with Crippen LogP contribution in [0, 0.1) is 12.3 Å². The van der Waals surface area contributed by atoms with Crippen LogP contribution in [0.4, 0.5) is 0 Å². The van der Waals surface area contributed by atoms with E-state index >= 15 is 0 Å². The van der Waals surface area contributed by atoms with Gasteiger partial charge in [-0.1, -0.05) is 138 Å². The number of aliphatic hydroxyl groups excluding tert-OH is 1. The van der Waals surface area contributed by atoms with Crippen molar-refractivity contribution in [2.45, 2.75) is 179 Å². The number of hydrogen-bond donors (Lipinski definition) is 7. The van der Waals surface area contributed by atoms with E-state index in [0.29, 0.717) is 45.1 Å². The van der Waals surface area contributed by atoms with Gasteiger partial charge in [-0.3, -0.25) is 38.4 Å². The molecular formula is C61H82N10O9S. The van der Waals surface area contributed by atoms with Gasteiger partial charge in [-0.2, -0.15) is 0 Å². The van der Waals surface area contributed by atoms with E-state index in [-0.39, 0.29) is 69.1 Å². The van der Waals surface area contributed by atoms with Crippen LogP contribution in [0.25, 0.3) is 10.4 Å². The van der Waals surface area contributed by atoms with Crippen molar-refractivity contribution in [3.63, 3.8) is 0 Å². The molecule has 20 heteroatoms. The Balaban J connectivity index is 0.801. The minimum absolute atomic E-state index is 0.00445. The lowest BCUT2D eigenvalue weighted by Gasteiger charge is -2.37. The van der Waals surface area contributed by atoms with Gasteiger partial charge >= 0.3 is 0 Å². The summed E-state index contributed by atoms with van der Waals surface area (Å²) in [6.45, 7) is 8.20. The SMILES string of the molecule is Cc1ncsc1-c1ccc(CNC(=O)C2C[C@@H](O)CN2C(=O)[C@@H](NC(=O)CCCCCCCCCC(=O)N2CC[C@H]3CC[C@@H](C(=O)N[C@@H](CCC(N)=O)C(=O)NC(c4ccccc4)c4ccccc4)N3C(=O)[C@@H](N)C2)C(C)(C)C)cc1. The second-order valence-electron chi connectivity index (χ2n) is 23.0. The summed E-state index contributed by atoms with van der Waals surface area (Å²) in [5, 5.41) is 22.4. The van der Waals surface area contributed by atoms with Crippen molar-refractivity contribution in [3.05, 3.63) is 113 Å². The molecule has 19 nitrogen and oxygen atoms in total. The van der Waals surface area contributed by atoms with E-state index in [9.17, 15) is 43.5 Å². The van der Waals surface area contributed by atoms with E-state index < -0.39 is 77.3 Å². The predicted octanol–water partition coefficient (Wildman–Crippen LogP) is 5.31. The number of β-amino-alcohol motifs (C(OH)–C–C–N with tert-alkyl or cyclic N) is 1. The van der Waals surface area contributed by atoms with Gasteiger partial charge in [-0.25, -0.2) is 4.98 Å². The molecular weight excluding hydrogens is 1050 g/mol. The maximum absolute atomic E-state index is 14.1. The van der Waals surface area contributed by atoms with Gasteiger partial charge in [0.15, 0.2) is 0 Å². The monoisotopic (exact) mass is 1130 g/mol. The first-order chi connectivity index (χ1) is 38.8. The molecule has 0 radical (unpaired) electrons. The van der Waals surface area contributed by atoms with Gasteiger partial charge in [-0.15, -0.1) is 11.3 Å². The number of amides is 8. The maximum Gasteiger partial charge on any atom is 0.246 e. The zero-order valence-corrected chi connectivity index (χ0v) is 48.1. The number of aryl methyl sites for hydroxylation is 1. The Hall–Kier alpha value is -7.03. The zero-order valence-electron chi connectivity index (χ0n) is 47.3. The van der Waals surface area contributed by atoms with Crippen molar-refractivity contribution in [2.75, 3.05) is 19.6 Å². The summed E-state index contributed by atoms with van der Waals surface area (Å²) in [4.78, 5) is 118. The van der Waals surface area contributed by atoms with Crippen molar-refractivity contribution < 1.29 is 43.5 Å². The van der Waals surface area contributed by atoms with E-state index in [4.69, 9.17) is 11.5 Å². The fraction of sp³-hybridized carbons (Fsp3) is 0.525. The number of likely N-dealkylation sites (tertiary alicyclic amines) is 1. The fourth-order valence-corrected chi connectivity index (χ4v) is 12.0. The molecule has 3 aliphatic heterocycles. The Morgan fingerprint density at radius 2 is 1.38 bits per heavy atom. The van der Waals surface area contributed by atoms with Crippen LogP contribution in [0.5, 0.6) is 0 Å².